The lowest BCUT2D eigenvalue weighted by Gasteiger charge is -2.18. The van der Waals surface area contributed by atoms with E-state index in [4.69, 9.17) is 4.84 Å². The molecule has 1 saturated heterocycles. The average molecular weight is 420 g/mol. The molecule has 0 aromatic rings. The normalized spacial score (nSPS) is 18.8. The van der Waals surface area contributed by atoms with Crippen LogP contribution in [0.15, 0.2) is 0 Å². The fourth-order valence-corrected chi connectivity index (χ4v) is 3.49. The molecule has 0 radical (unpaired) electrons. The predicted octanol–water partition coefficient (Wildman–Crippen LogP) is -1.24. The van der Waals surface area contributed by atoms with Crippen molar-refractivity contribution in [2.45, 2.75) is 43.8 Å². The van der Waals surface area contributed by atoms with Gasteiger partial charge in [-0.05, 0) is 19.1 Å². The molecule has 3 N–H and O–H groups in total. The molecule has 1 aliphatic heterocycles. The van der Waals surface area contributed by atoms with Gasteiger partial charge in [-0.2, -0.15) is 0 Å². The topological polar surface area (TPSA) is 134 Å². The van der Waals surface area contributed by atoms with Crippen LogP contribution in [0.1, 0.15) is 26.7 Å². The predicted molar refractivity (Wildman–Crippen MR) is 102 cm³/mol. The Labute approximate surface area is 164 Å². The largest absolute Gasteiger partial charge is 0.358 e. The number of hydroxylamine groups is 1. The molecule has 5 amide bonds. The van der Waals surface area contributed by atoms with Crippen LogP contribution in [0.5, 0.6) is 0 Å². The van der Waals surface area contributed by atoms with E-state index in [1.807, 2.05) is 0 Å². The molecule has 0 bridgehead atoms. The van der Waals surface area contributed by atoms with Gasteiger partial charge in [-0.15, -0.1) is 21.0 Å². The van der Waals surface area contributed by atoms with Gasteiger partial charge in [0.05, 0.1) is 11.1 Å². The minimum atomic E-state index is -0.826. The highest BCUT2D eigenvalue weighted by molar-refractivity contribution is 8.00. The second-order valence-electron chi connectivity index (χ2n) is 5.89. The van der Waals surface area contributed by atoms with Crippen molar-refractivity contribution in [3.8, 4) is 0 Å². The maximum atomic E-state index is 12.3. The number of nitrogens with one attached hydrogen (secondary N) is 3. The van der Waals surface area contributed by atoms with Crippen molar-refractivity contribution in [3.05, 3.63) is 0 Å². The van der Waals surface area contributed by atoms with Gasteiger partial charge in [-0.1, -0.05) is 0 Å². The van der Waals surface area contributed by atoms with Crippen LogP contribution in [0.4, 0.5) is 0 Å². The van der Waals surface area contributed by atoms with Gasteiger partial charge in [-0.25, -0.2) is 5.48 Å². The van der Waals surface area contributed by atoms with Gasteiger partial charge in [-0.3, -0.25) is 33.7 Å². The molecule has 1 heterocycles. The summed E-state index contributed by atoms with van der Waals surface area (Å²) in [5, 5.41) is 4.29. The number of thioether (sulfide) groups is 1. The van der Waals surface area contributed by atoms with Gasteiger partial charge in [0.2, 0.25) is 23.6 Å². The summed E-state index contributed by atoms with van der Waals surface area (Å²) in [5.74, 6) is -2.07. The third-order valence-electron chi connectivity index (χ3n) is 3.55. The first kappa shape index (κ1) is 23.3. The lowest BCUT2D eigenvalue weighted by molar-refractivity contribution is -0.142. The van der Waals surface area contributed by atoms with E-state index in [0.717, 1.165) is 4.90 Å². The summed E-state index contributed by atoms with van der Waals surface area (Å²) in [5.41, 5.74) is 2.26. The van der Waals surface area contributed by atoms with E-state index in [9.17, 15) is 24.0 Å². The van der Waals surface area contributed by atoms with Crippen LogP contribution in [-0.4, -0.2) is 70.9 Å². The second-order valence-corrected chi connectivity index (χ2v) is 8.14. The minimum absolute atomic E-state index is 0.00514. The molecular formula is C15H25N4O6PS. The van der Waals surface area contributed by atoms with Gasteiger partial charge in [0.15, 0.2) is 0 Å². The number of rotatable bonds is 10. The van der Waals surface area contributed by atoms with Gasteiger partial charge in [0, 0.05) is 20.4 Å². The van der Waals surface area contributed by atoms with Crippen molar-refractivity contribution < 1.29 is 28.8 Å². The van der Waals surface area contributed by atoms with Crippen LogP contribution >= 0.6 is 21.0 Å². The molecule has 0 aliphatic carbocycles. The average Bonchev–Trinajstić information content (AvgIpc) is 2.85. The standard InChI is InChI=1S/C15H25N4O6PS/c1-8(20)17-10(14(23)18-25-9(2)26)4-5-27-11-6-13(22)19(15(11)24)7-12(21)16-3/h9-11H,4-7,26H2,1-3H3,(H,16,21)(H,17,20)(H,18,23). The number of hydrogen-bond donors (Lipinski definition) is 3. The summed E-state index contributed by atoms with van der Waals surface area (Å²) >= 11 is 1.21. The zero-order chi connectivity index (χ0) is 20.6. The molecule has 1 fully saturated rings. The molecule has 27 heavy (non-hydrogen) atoms. The number of carbonyl (C=O) groups is 5. The molecule has 1 aliphatic rings. The lowest BCUT2D eigenvalue weighted by atomic mass is 10.2. The van der Waals surface area contributed by atoms with Crippen molar-refractivity contribution in [2.24, 2.45) is 0 Å². The fraction of sp³-hybridized carbons (Fsp3) is 0.667. The zero-order valence-electron chi connectivity index (χ0n) is 15.4. The van der Waals surface area contributed by atoms with Crippen molar-refractivity contribution in [2.75, 3.05) is 19.3 Å². The summed E-state index contributed by atoms with van der Waals surface area (Å²) in [6.45, 7) is 2.70. The van der Waals surface area contributed by atoms with Crippen LogP contribution in [0, 0.1) is 0 Å². The summed E-state index contributed by atoms with van der Waals surface area (Å²) in [4.78, 5) is 64.9. The number of amides is 5. The van der Waals surface area contributed by atoms with Crippen LogP contribution in [0.3, 0.4) is 0 Å². The van der Waals surface area contributed by atoms with E-state index in [1.54, 1.807) is 6.92 Å². The first-order chi connectivity index (χ1) is 12.6. The Hall–Kier alpha value is -1.71. The van der Waals surface area contributed by atoms with E-state index in [2.05, 4.69) is 25.4 Å². The number of nitrogens with zero attached hydrogens (tertiary/aromatic N) is 1. The number of imide groups is 1. The van der Waals surface area contributed by atoms with Crippen LogP contribution in [-0.2, 0) is 28.8 Å². The highest BCUT2D eigenvalue weighted by Crippen LogP contribution is 2.25. The first-order valence-electron chi connectivity index (χ1n) is 8.30. The summed E-state index contributed by atoms with van der Waals surface area (Å²) in [6.07, 6.45) is 0.253. The summed E-state index contributed by atoms with van der Waals surface area (Å²) < 4.78 is 0. The molecule has 12 heteroatoms. The van der Waals surface area contributed by atoms with Gasteiger partial charge >= 0.3 is 0 Å². The monoisotopic (exact) mass is 420 g/mol. The number of carbonyl (C=O) groups excluding carboxylic acids is 5. The smallest absolute Gasteiger partial charge is 0.266 e. The maximum absolute atomic E-state index is 12.3. The molecule has 10 nitrogen and oxygen atoms in total. The van der Waals surface area contributed by atoms with Crippen molar-refractivity contribution in [1.82, 2.24) is 21.0 Å². The zero-order valence-corrected chi connectivity index (χ0v) is 17.4. The van der Waals surface area contributed by atoms with Crippen LogP contribution in [0.2, 0.25) is 0 Å². The van der Waals surface area contributed by atoms with Crippen molar-refractivity contribution in [3.63, 3.8) is 0 Å². The van der Waals surface area contributed by atoms with E-state index in [-0.39, 0.29) is 31.1 Å². The maximum Gasteiger partial charge on any atom is 0.266 e. The first-order valence-corrected chi connectivity index (χ1v) is 10.0. The molecule has 0 aromatic carbocycles. The third kappa shape index (κ3) is 7.82. The number of hydrogen-bond acceptors (Lipinski definition) is 7. The summed E-state index contributed by atoms with van der Waals surface area (Å²) in [7, 11) is 3.78. The Morgan fingerprint density at radius 2 is 2.04 bits per heavy atom. The molecule has 1 rings (SSSR count). The van der Waals surface area contributed by atoms with Crippen molar-refractivity contribution in [1.29, 1.82) is 0 Å². The minimum Gasteiger partial charge on any atom is -0.358 e. The second kappa shape index (κ2) is 11.2. The van der Waals surface area contributed by atoms with Crippen LogP contribution in [0.25, 0.3) is 0 Å². The Balaban J connectivity index is 2.55. The highest BCUT2D eigenvalue weighted by atomic mass is 32.2. The Kier molecular flexibility index (Phi) is 9.68. The molecule has 0 aromatic heterocycles. The van der Waals surface area contributed by atoms with E-state index < -0.39 is 34.9 Å². The van der Waals surface area contributed by atoms with Gasteiger partial charge in [0.1, 0.15) is 12.6 Å². The van der Waals surface area contributed by atoms with E-state index in [1.165, 1.54) is 25.7 Å². The Morgan fingerprint density at radius 1 is 1.37 bits per heavy atom. The Morgan fingerprint density at radius 3 is 2.59 bits per heavy atom. The van der Waals surface area contributed by atoms with Crippen molar-refractivity contribution >= 4 is 50.5 Å². The molecule has 152 valence electrons. The van der Waals surface area contributed by atoms with Gasteiger partial charge in [0.25, 0.3) is 5.91 Å². The molecule has 0 spiro atoms. The molecular weight excluding hydrogens is 395 g/mol. The quantitative estimate of drug-likeness (QED) is 0.229. The SMILES string of the molecule is CNC(=O)CN1C(=O)CC(SCCC(NC(C)=O)C(=O)NOC(C)P)C1=O. The highest BCUT2D eigenvalue weighted by Gasteiger charge is 2.39. The molecule has 0 saturated carbocycles. The fourth-order valence-electron chi connectivity index (χ4n) is 2.24. The van der Waals surface area contributed by atoms with Gasteiger partial charge < -0.3 is 10.6 Å². The van der Waals surface area contributed by atoms with E-state index >= 15 is 0 Å². The number of likely N-dealkylation sites (N-methyl/N-ethyl adjacent to an activating group) is 1. The molecule has 4 unspecified atom stereocenters. The lowest BCUT2D eigenvalue weighted by Crippen LogP contribution is -2.46. The Bertz CT molecular complexity index is 603. The van der Waals surface area contributed by atoms with Crippen LogP contribution < -0.4 is 16.1 Å². The third-order valence-corrected chi connectivity index (χ3v) is 4.93. The van der Waals surface area contributed by atoms with E-state index in [0.29, 0.717) is 5.75 Å². The summed E-state index contributed by atoms with van der Waals surface area (Å²) in [6, 6.07) is -0.826. The molecule has 4 atom stereocenters. The number of likely N-dealkylation sites (tertiary alicyclic amines) is 1.